The molecule has 0 bridgehead atoms. The molecule has 0 saturated carbocycles. The summed E-state index contributed by atoms with van der Waals surface area (Å²) in [5.74, 6) is 0.744. The first-order valence-corrected chi connectivity index (χ1v) is 6.67. The highest BCUT2D eigenvalue weighted by atomic mass is 32.2. The van der Waals surface area contributed by atoms with Crippen molar-refractivity contribution in [1.29, 1.82) is 4.78 Å². The Balaban J connectivity index is 2.46. The van der Waals surface area contributed by atoms with E-state index in [1.165, 1.54) is 6.26 Å². The zero-order valence-corrected chi connectivity index (χ0v) is 9.56. The van der Waals surface area contributed by atoms with Crippen LogP contribution in [0.5, 0.6) is 5.75 Å². The molecule has 0 aliphatic carbocycles. The Bertz CT molecular complexity index is 482. The van der Waals surface area contributed by atoms with Crippen LogP contribution in [-0.4, -0.2) is 24.1 Å². The van der Waals surface area contributed by atoms with Gasteiger partial charge in [-0.15, -0.1) is 0 Å². The highest BCUT2D eigenvalue weighted by Gasteiger charge is 2.23. The van der Waals surface area contributed by atoms with Gasteiger partial charge in [0.05, 0.1) is 20.7 Å². The Labute approximate surface area is 89.6 Å². The average Bonchev–Trinajstić information content (AvgIpc) is 2.58. The van der Waals surface area contributed by atoms with Gasteiger partial charge in [-0.05, 0) is 19.2 Å². The fourth-order valence-corrected chi connectivity index (χ4v) is 2.33. The van der Waals surface area contributed by atoms with E-state index in [0.717, 1.165) is 11.3 Å². The van der Waals surface area contributed by atoms with Crippen molar-refractivity contribution >= 4 is 9.73 Å². The average molecular weight is 226 g/mol. The molecule has 82 valence electrons. The summed E-state index contributed by atoms with van der Waals surface area (Å²) in [5, 5.41) is 3.14. The van der Waals surface area contributed by atoms with Gasteiger partial charge >= 0.3 is 0 Å². The van der Waals surface area contributed by atoms with Crippen LogP contribution in [0.4, 0.5) is 0 Å². The van der Waals surface area contributed by atoms with Crippen LogP contribution >= 0.6 is 0 Å². The summed E-state index contributed by atoms with van der Waals surface area (Å²) in [6.07, 6.45) is 1.42. The first-order valence-electron chi connectivity index (χ1n) is 4.70. The van der Waals surface area contributed by atoms with Crippen molar-refractivity contribution in [2.75, 3.05) is 19.9 Å². The molecule has 5 heteroatoms. The summed E-state index contributed by atoms with van der Waals surface area (Å²) >= 11 is 0. The van der Waals surface area contributed by atoms with E-state index in [1.54, 1.807) is 12.1 Å². The maximum atomic E-state index is 11.5. The van der Waals surface area contributed by atoms with Gasteiger partial charge in [0.2, 0.25) is 0 Å². The molecular weight excluding hydrogens is 212 g/mol. The maximum absolute atomic E-state index is 11.5. The molecule has 2 N–H and O–H groups in total. The summed E-state index contributed by atoms with van der Waals surface area (Å²) < 4.78 is 24.5. The van der Waals surface area contributed by atoms with Crippen molar-refractivity contribution in [3.63, 3.8) is 0 Å². The van der Waals surface area contributed by atoms with Crippen molar-refractivity contribution in [2.45, 2.75) is 10.9 Å². The van der Waals surface area contributed by atoms with E-state index >= 15 is 0 Å². The number of rotatable bonds is 2. The van der Waals surface area contributed by atoms with Gasteiger partial charge in [-0.1, -0.05) is 6.07 Å². The van der Waals surface area contributed by atoms with E-state index < -0.39 is 9.73 Å². The van der Waals surface area contributed by atoms with E-state index in [2.05, 4.69) is 5.32 Å². The molecule has 0 fully saturated rings. The summed E-state index contributed by atoms with van der Waals surface area (Å²) in [5.41, 5.74) is 1.07. The van der Waals surface area contributed by atoms with E-state index in [1.807, 2.05) is 13.1 Å². The molecule has 15 heavy (non-hydrogen) atoms. The van der Waals surface area contributed by atoms with Gasteiger partial charge in [0, 0.05) is 11.8 Å². The summed E-state index contributed by atoms with van der Waals surface area (Å²) in [6, 6.07) is 5.54. The van der Waals surface area contributed by atoms with Crippen LogP contribution < -0.4 is 10.1 Å². The molecular formula is C10H14N2O2S. The molecule has 2 rings (SSSR count). The van der Waals surface area contributed by atoms with Crippen LogP contribution in [0.1, 0.15) is 11.6 Å². The highest BCUT2D eigenvalue weighted by Crippen LogP contribution is 2.33. The molecule has 4 nitrogen and oxygen atoms in total. The Morgan fingerprint density at radius 3 is 2.93 bits per heavy atom. The molecule has 0 radical (unpaired) electrons. The molecule has 0 amide bonds. The minimum Gasteiger partial charge on any atom is -0.491 e. The zero-order chi connectivity index (χ0) is 11.1. The molecule has 1 aliphatic heterocycles. The fourth-order valence-electron chi connectivity index (χ4n) is 1.67. The first kappa shape index (κ1) is 10.4. The van der Waals surface area contributed by atoms with E-state index in [4.69, 9.17) is 9.52 Å². The fraction of sp³-hybridized carbons (Fsp3) is 0.400. The van der Waals surface area contributed by atoms with E-state index in [9.17, 15) is 4.21 Å². The van der Waals surface area contributed by atoms with Crippen LogP contribution in [-0.2, 0) is 9.73 Å². The van der Waals surface area contributed by atoms with Crippen LogP contribution in [0.25, 0.3) is 0 Å². The maximum Gasteiger partial charge on any atom is 0.125 e. The molecule has 0 saturated heterocycles. The quantitative estimate of drug-likeness (QED) is 0.800. The third-order valence-electron chi connectivity index (χ3n) is 2.56. The minimum atomic E-state index is -2.65. The lowest BCUT2D eigenvalue weighted by atomic mass is 10.1. The van der Waals surface area contributed by atoms with Gasteiger partial charge in [-0.25, -0.2) is 8.99 Å². The van der Waals surface area contributed by atoms with Crippen LogP contribution in [0.3, 0.4) is 0 Å². The molecule has 1 unspecified atom stereocenters. The standard InChI is InChI=1S/C10H14N2O2S/c1-12-9-6-14-10-5-7(15(2,11)13)3-4-8(9)10/h3-5,9,11-12H,6H2,1-2H3/t9-,15?/m1/s1. The summed E-state index contributed by atoms with van der Waals surface area (Å²) in [7, 11) is -0.770. The largest absolute Gasteiger partial charge is 0.491 e. The Kier molecular flexibility index (Phi) is 2.44. The monoisotopic (exact) mass is 226 g/mol. The normalized spacial score (nSPS) is 22.9. The lowest BCUT2D eigenvalue weighted by Gasteiger charge is -2.07. The van der Waals surface area contributed by atoms with E-state index in [0.29, 0.717) is 11.5 Å². The lowest BCUT2D eigenvalue weighted by Crippen LogP contribution is -2.17. The predicted octanol–water partition coefficient (Wildman–Crippen LogP) is 1.37. The van der Waals surface area contributed by atoms with Gasteiger partial charge in [0.15, 0.2) is 0 Å². The Morgan fingerprint density at radius 2 is 2.33 bits per heavy atom. The molecule has 1 aliphatic rings. The SMILES string of the molecule is CN[C@@H]1COc2cc(S(C)(=N)=O)ccc21. The predicted molar refractivity (Wildman–Crippen MR) is 58.8 cm³/mol. The third-order valence-corrected chi connectivity index (χ3v) is 3.72. The number of nitrogens with one attached hydrogen (secondary N) is 2. The number of likely N-dealkylation sites (N-methyl/N-ethyl adjacent to an activating group) is 1. The van der Waals surface area contributed by atoms with Gasteiger partial charge in [0.1, 0.15) is 12.4 Å². The summed E-state index contributed by atoms with van der Waals surface area (Å²) in [6.45, 7) is 0.595. The van der Waals surface area contributed by atoms with Gasteiger partial charge in [-0.3, -0.25) is 0 Å². The zero-order valence-electron chi connectivity index (χ0n) is 8.74. The second kappa shape index (κ2) is 3.50. The number of ether oxygens (including phenoxy) is 1. The number of hydrogen-bond acceptors (Lipinski definition) is 4. The van der Waals surface area contributed by atoms with Crippen molar-refractivity contribution in [1.82, 2.24) is 5.32 Å². The molecule has 0 spiro atoms. The molecule has 2 atom stereocenters. The van der Waals surface area contributed by atoms with Crippen LogP contribution in [0.2, 0.25) is 0 Å². The lowest BCUT2D eigenvalue weighted by molar-refractivity contribution is 0.318. The van der Waals surface area contributed by atoms with Crippen molar-refractivity contribution < 1.29 is 8.95 Å². The number of fused-ring (bicyclic) bond motifs is 1. The number of benzene rings is 1. The van der Waals surface area contributed by atoms with Gasteiger partial charge < -0.3 is 10.1 Å². The Morgan fingerprint density at radius 1 is 1.60 bits per heavy atom. The molecule has 1 aromatic rings. The second-order valence-electron chi connectivity index (χ2n) is 3.70. The van der Waals surface area contributed by atoms with Gasteiger partial charge in [0.25, 0.3) is 0 Å². The molecule has 1 aromatic carbocycles. The Hall–Kier alpha value is -1.07. The first-order chi connectivity index (χ1) is 7.02. The topological polar surface area (TPSA) is 62.2 Å². The van der Waals surface area contributed by atoms with Crippen LogP contribution in [0, 0.1) is 4.78 Å². The smallest absolute Gasteiger partial charge is 0.125 e. The third kappa shape index (κ3) is 1.85. The highest BCUT2D eigenvalue weighted by molar-refractivity contribution is 7.91. The van der Waals surface area contributed by atoms with Crippen LogP contribution in [0.15, 0.2) is 23.1 Å². The van der Waals surface area contributed by atoms with E-state index in [-0.39, 0.29) is 6.04 Å². The second-order valence-corrected chi connectivity index (χ2v) is 5.85. The molecule has 0 aromatic heterocycles. The number of hydrogen-bond donors (Lipinski definition) is 2. The van der Waals surface area contributed by atoms with Crippen molar-refractivity contribution in [3.8, 4) is 5.75 Å². The van der Waals surface area contributed by atoms with Crippen molar-refractivity contribution in [3.05, 3.63) is 23.8 Å². The van der Waals surface area contributed by atoms with Crippen molar-refractivity contribution in [2.24, 2.45) is 0 Å². The summed E-state index contributed by atoms with van der Waals surface area (Å²) in [4.78, 5) is 0.526. The molecule has 1 heterocycles. The minimum absolute atomic E-state index is 0.202. The van der Waals surface area contributed by atoms with Gasteiger partial charge in [-0.2, -0.15) is 0 Å².